The monoisotopic (exact) mass is 376 g/mol. The smallest absolute Gasteiger partial charge is 0.227 e. The third-order valence-electron chi connectivity index (χ3n) is 5.65. The van der Waals surface area contributed by atoms with Crippen LogP contribution in [-0.4, -0.2) is 26.3 Å². The molecule has 0 radical (unpaired) electrons. The van der Waals surface area contributed by atoms with Crippen molar-refractivity contribution in [1.29, 1.82) is 0 Å². The summed E-state index contributed by atoms with van der Waals surface area (Å²) in [7, 11) is 0. The summed E-state index contributed by atoms with van der Waals surface area (Å²) in [5, 5.41) is 3.34. The van der Waals surface area contributed by atoms with E-state index in [0.29, 0.717) is 24.7 Å². The molecule has 1 atom stereocenters. The Hall–Kier alpha value is -3.09. The fraction of sp³-hybridized carbons (Fsp3) is 0.381. The topological polar surface area (TPSA) is 88.5 Å². The lowest BCUT2D eigenvalue weighted by atomic mass is 10.1. The third-order valence-corrected chi connectivity index (χ3v) is 5.65. The van der Waals surface area contributed by atoms with Gasteiger partial charge in [-0.3, -0.25) is 4.79 Å². The number of carbonyl (C=O) groups excluding carboxylic acids is 1. The molecule has 3 aromatic rings. The average molecular weight is 376 g/mol. The van der Waals surface area contributed by atoms with E-state index >= 15 is 0 Å². The summed E-state index contributed by atoms with van der Waals surface area (Å²) in [6, 6.07) is 6.08. The van der Waals surface area contributed by atoms with Crippen molar-refractivity contribution in [2.45, 2.75) is 51.1 Å². The molecule has 3 aromatic heterocycles. The van der Waals surface area contributed by atoms with E-state index in [-0.39, 0.29) is 11.9 Å². The highest BCUT2D eigenvalue weighted by molar-refractivity contribution is 5.99. The minimum Gasteiger partial charge on any atom is -0.384 e. The molecule has 28 heavy (non-hydrogen) atoms. The summed E-state index contributed by atoms with van der Waals surface area (Å²) >= 11 is 0. The van der Waals surface area contributed by atoms with Gasteiger partial charge in [0.05, 0.1) is 17.9 Å². The number of anilines is 3. The fourth-order valence-corrected chi connectivity index (χ4v) is 4.01. The number of hydrogen-bond acceptors (Lipinski definition) is 5. The van der Waals surface area contributed by atoms with Crippen molar-refractivity contribution in [2.24, 2.45) is 0 Å². The second kappa shape index (κ2) is 6.51. The molecule has 0 bridgehead atoms. The first-order valence-corrected chi connectivity index (χ1v) is 9.87. The summed E-state index contributed by atoms with van der Waals surface area (Å²) in [5.41, 5.74) is 10.7. The number of rotatable bonds is 5. The van der Waals surface area contributed by atoms with Gasteiger partial charge in [0.15, 0.2) is 5.65 Å². The van der Waals surface area contributed by atoms with E-state index in [2.05, 4.69) is 33.9 Å². The van der Waals surface area contributed by atoms with Crippen molar-refractivity contribution in [3.05, 3.63) is 48.0 Å². The number of nitrogens with one attached hydrogen (secondary N) is 1. The zero-order valence-electron chi connectivity index (χ0n) is 15.9. The fourth-order valence-electron chi connectivity index (χ4n) is 4.01. The van der Waals surface area contributed by atoms with E-state index in [4.69, 9.17) is 10.7 Å². The Kier molecular flexibility index (Phi) is 3.96. The van der Waals surface area contributed by atoms with Crippen LogP contribution in [0.3, 0.4) is 0 Å². The van der Waals surface area contributed by atoms with Gasteiger partial charge in [0.2, 0.25) is 5.91 Å². The Bertz CT molecular complexity index is 1050. The van der Waals surface area contributed by atoms with Crippen molar-refractivity contribution >= 4 is 28.7 Å². The Labute approximate surface area is 163 Å². The highest BCUT2D eigenvalue weighted by Gasteiger charge is 2.33. The largest absolute Gasteiger partial charge is 0.384 e. The molecule has 4 heterocycles. The van der Waals surface area contributed by atoms with Crippen LogP contribution in [0.2, 0.25) is 0 Å². The second-order valence-corrected chi connectivity index (χ2v) is 7.87. The lowest BCUT2D eigenvalue weighted by Gasteiger charge is -2.23. The number of amides is 1. The van der Waals surface area contributed by atoms with Gasteiger partial charge in [0.25, 0.3) is 0 Å². The van der Waals surface area contributed by atoms with Crippen LogP contribution >= 0.6 is 0 Å². The van der Waals surface area contributed by atoms with Gasteiger partial charge in [0.1, 0.15) is 5.82 Å². The van der Waals surface area contributed by atoms with E-state index in [1.165, 1.54) is 18.4 Å². The van der Waals surface area contributed by atoms with Gasteiger partial charge in [-0.05, 0) is 49.8 Å². The van der Waals surface area contributed by atoms with Crippen LogP contribution in [0, 0.1) is 0 Å². The molecule has 7 heteroatoms. The predicted octanol–water partition coefficient (Wildman–Crippen LogP) is 3.32. The van der Waals surface area contributed by atoms with Gasteiger partial charge in [-0.15, -0.1) is 0 Å². The van der Waals surface area contributed by atoms with Crippen molar-refractivity contribution < 1.29 is 4.79 Å². The number of nitrogens with zero attached hydrogens (tertiary/aromatic N) is 4. The number of imidazole rings is 1. The summed E-state index contributed by atoms with van der Waals surface area (Å²) in [6.45, 7) is 2.69. The maximum Gasteiger partial charge on any atom is 0.227 e. The van der Waals surface area contributed by atoms with E-state index in [0.717, 1.165) is 29.1 Å². The molecular weight excluding hydrogens is 352 g/mol. The number of fused-ring (bicyclic) bond motifs is 1. The quantitative estimate of drug-likeness (QED) is 0.713. The first-order valence-electron chi connectivity index (χ1n) is 9.87. The molecule has 5 rings (SSSR count). The van der Waals surface area contributed by atoms with Crippen LogP contribution in [0.1, 0.15) is 49.8 Å². The maximum atomic E-state index is 12.5. The Morgan fingerprint density at radius 1 is 1.25 bits per heavy atom. The number of aromatic nitrogens is 3. The van der Waals surface area contributed by atoms with Crippen LogP contribution < -0.4 is 16.0 Å². The SMILES string of the molecule is CC1CCC(=O)N1c1cc(C2CC2)cn2cc(CNc3ccnc(N)c3)nc12. The Morgan fingerprint density at radius 2 is 2.11 bits per heavy atom. The van der Waals surface area contributed by atoms with Crippen LogP contribution in [0.15, 0.2) is 36.8 Å². The van der Waals surface area contributed by atoms with Gasteiger partial charge in [-0.1, -0.05) is 0 Å². The lowest BCUT2D eigenvalue weighted by molar-refractivity contribution is -0.117. The molecule has 0 spiro atoms. The van der Waals surface area contributed by atoms with Gasteiger partial charge >= 0.3 is 0 Å². The number of carbonyl (C=O) groups is 1. The van der Waals surface area contributed by atoms with E-state index < -0.39 is 0 Å². The van der Waals surface area contributed by atoms with Crippen molar-refractivity contribution in [2.75, 3.05) is 16.0 Å². The molecule has 1 saturated heterocycles. The maximum absolute atomic E-state index is 12.5. The molecular formula is C21H24N6O. The van der Waals surface area contributed by atoms with Crippen molar-refractivity contribution in [3.8, 4) is 0 Å². The molecule has 7 nitrogen and oxygen atoms in total. The summed E-state index contributed by atoms with van der Waals surface area (Å²) in [4.78, 5) is 23.3. The zero-order chi connectivity index (χ0) is 19.3. The summed E-state index contributed by atoms with van der Waals surface area (Å²) < 4.78 is 2.08. The third kappa shape index (κ3) is 3.06. The normalized spacial score (nSPS) is 19.5. The van der Waals surface area contributed by atoms with E-state index in [9.17, 15) is 4.79 Å². The Balaban J connectivity index is 1.50. The lowest BCUT2D eigenvalue weighted by Crippen LogP contribution is -2.31. The van der Waals surface area contributed by atoms with Crippen molar-refractivity contribution in [1.82, 2.24) is 14.4 Å². The number of pyridine rings is 2. The van der Waals surface area contributed by atoms with Gasteiger partial charge in [-0.2, -0.15) is 0 Å². The number of nitrogen functional groups attached to an aromatic ring is 1. The highest BCUT2D eigenvalue weighted by Crippen LogP contribution is 2.42. The molecule has 0 aromatic carbocycles. The standard InChI is InChI=1S/C21H24N6O/c1-13-2-5-20(28)27(13)18-8-15(14-3-4-14)11-26-12-17(25-21(18)26)10-24-16-6-7-23-19(22)9-16/h6-9,11-14H,2-5,10H2,1H3,(H3,22,23,24). The molecule has 1 aliphatic carbocycles. The summed E-state index contributed by atoms with van der Waals surface area (Å²) in [6.07, 6.45) is 9.86. The van der Waals surface area contributed by atoms with Crippen molar-refractivity contribution in [3.63, 3.8) is 0 Å². The molecule has 1 unspecified atom stereocenters. The van der Waals surface area contributed by atoms with Crippen LogP contribution in [0.4, 0.5) is 17.2 Å². The molecule has 144 valence electrons. The molecule has 1 aliphatic heterocycles. The molecule has 1 saturated carbocycles. The molecule has 2 fully saturated rings. The molecule has 2 aliphatic rings. The Morgan fingerprint density at radius 3 is 2.82 bits per heavy atom. The minimum atomic E-state index is 0.192. The van der Waals surface area contributed by atoms with E-state index in [1.54, 1.807) is 12.3 Å². The number of nitrogens with two attached hydrogens (primary N) is 1. The minimum absolute atomic E-state index is 0.192. The van der Waals surface area contributed by atoms with Gasteiger partial charge in [0, 0.05) is 42.8 Å². The summed E-state index contributed by atoms with van der Waals surface area (Å²) in [5.74, 6) is 1.29. The van der Waals surface area contributed by atoms with Crippen LogP contribution in [-0.2, 0) is 11.3 Å². The van der Waals surface area contributed by atoms with Crippen LogP contribution in [0.25, 0.3) is 5.65 Å². The average Bonchev–Trinajstić information content (AvgIpc) is 3.36. The van der Waals surface area contributed by atoms with E-state index in [1.807, 2.05) is 17.2 Å². The van der Waals surface area contributed by atoms with Gasteiger partial charge in [-0.25, -0.2) is 9.97 Å². The molecule has 3 N–H and O–H groups in total. The first-order chi connectivity index (χ1) is 13.6. The zero-order valence-corrected chi connectivity index (χ0v) is 15.9. The first kappa shape index (κ1) is 17.0. The predicted molar refractivity (Wildman–Crippen MR) is 109 cm³/mol. The van der Waals surface area contributed by atoms with Crippen LogP contribution in [0.5, 0.6) is 0 Å². The van der Waals surface area contributed by atoms with Gasteiger partial charge < -0.3 is 20.4 Å². The highest BCUT2D eigenvalue weighted by atomic mass is 16.2. The number of hydrogen-bond donors (Lipinski definition) is 2. The second-order valence-electron chi connectivity index (χ2n) is 7.87. The molecule has 1 amide bonds.